The summed E-state index contributed by atoms with van der Waals surface area (Å²) in [5.74, 6) is 0.732. The highest BCUT2D eigenvalue weighted by Gasteiger charge is 2.50. The average molecular weight is 296 g/mol. The minimum Gasteiger partial charge on any atom is -0.383 e. The first kappa shape index (κ1) is 16.3. The number of nitrogens with one attached hydrogen (secondary N) is 1. The Morgan fingerprint density at radius 3 is 2.29 bits per heavy atom. The maximum atomic E-state index is 12.9. The van der Waals surface area contributed by atoms with Gasteiger partial charge in [0.05, 0.1) is 12.6 Å². The summed E-state index contributed by atoms with van der Waals surface area (Å²) in [5.41, 5.74) is 0. The first-order valence-corrected chi connectivity index (χ1v) is 8.00. The number of nitrogens with zero attached hydrogens (tertiary/aromatic N) is 1. The molecular formula is C16H28N2O3. The third-order valence-corrected chi connectivity index (χ3v) is 4.58. The molecule has 0 aromatic rings. The van der Waals surface area contributed by atoms with Gasteiger partial charge in [-0.25, -0.2) is 0 Å². The van der Waals surface area contributed by atoms with Crippen LogP contribution in [0.5, 0.6) is 0 Å². The first-order chi connectivity index (χ1) is 9.88. The van der Waals surface area contributed by atoms with Crippen LogP contribution in [0.25, 0.3) is 0 Å². The standard InChI is InChI=1S/C16H28N2O3/c1-9(2)12(8-21-5)18-14(10(3)4)15(19)17-13(16(18)20)11-6-7-11/h9-14H,6-8H2,1-5H3,(H,17,19). The second kappa shape index (κ2) is 6.34. The van der Waals surface area contributed by atoms with Crippen LogP contribution in [0.4, 0.5) is 0 Å². The summed E-state index contributed by atoms with van der Waals surface area (Å²) in [6.07, 6.45) is 2.07. The number of piperazine rings is 1. The molecule has 0 radical (unpaired) electrons. The predicted molar refractivity (Wildman–Crippen MR) is 80.6 cm³/mol. The Labute approximate surface area is 127 Å². The van der Waals surface area contributed by atoms with Gasteiger partial charge in [0.1, 0.15) is 12.1 Å². The lowest BCUT2D eigenvalue weighted by Gasteiger charge is -2.46. The van der Waals surface area contributed by atoms with Crippen molar-refractivity contribution in [2.75, 3.05) is 13.7 Å². The lowest BCUT2D eigenvalue weighted by Crippen LogP contribution is -2.69. The number of amides is 2. The van der Waals surface area contributed by atoms with Crippen molar-refractivity contribution < 1.29 is 14.3 Å². The second-order valence-electron chi connectivity index (χ2n) is 7.02. The molecule has 1 saturated carbocycles. The Kier molecular flexibility index (Phi) is 4.91. The van der Waals surface area contributed by atoms with Gasteiger partial charge in [-0.15, -0.1) is 0 Å². The van der Waals surface area contributed by atoms with E-state index in [0.717, 1.165) is 12.8 Å². The lowest BCUT2D eigenvalue weighted by atomic mass is 9.90. The molecule has 5 heteroatoms. The molecule has 2 amide bonds. The van der Waals surface area contributed by atoms with Gasteiger partial charge in [-0.1, -0.05) is 27.7 Å². The Hall–Kier alpha value is -1.10. The van der Waals surface area contributed by atoms with Crippen molar-refractivity contribution in [1.82, 2.24) is 10.2 Å². The average Bonchev–Trinajstić information content (AvgIpc) is 3.21. The van der Waals surface area contributed by atoms with Crippen LogP contribution in [0.15, 0.2) is 0 Å². The molecule has 2 aliphatic rings. The van der Waals surface area contributed by atoms with Crippen LogP contribution in [-0.4, -0.2) is 48.6 Å². The van der Waals surface area contributed by atoms with E-state index >= 15 is 0 Å². The van der Waals surface area contributed by atoms with E-state index in [4.69, 9.17) is 4.74 Å². The van der Waals surface area contributed by atoms with E-state index in [1.165, 1.54) is 0 Å². The van der Waals surface area contributed by atoms with Crippen LogP contribution in [0.2, 0.25) is 0 Å². The van der Waals surface area contributed by atoms with E-state index in [-0.39, 0.29) is 35.7 Å². The molecule has 21 heavy (non-hydrogen) atoms. The molecule has 1 heterocycles. The SMILES string of the molecule is COCC(C(C)C)N1C(=O)C(C2CC2)NC(=O)C1C(C)C. The van der Waals surface area contributed by atoms with Gasteiger partial charge in [0.15, 0.2) is 0 Å². The number of carbonyl (C=O) groups is 2. The quantitative estimate of drug-likeness (QED) is 0.806. The zero-order chi connectivity index (χ0) is 15.7. The van der Waals surface area contributed by atoms with E-state index in [1.54, 1.807) is 7.11 Å². The van der Waals surface area contributed by atoms with Crippen molar-refractivity contribution in [3.63, 3.8) is 0 Å². The number of hydrogen-bond acceptors (Lipinski definition) is 3. The molecule has 0 spiro atoms. The van der Waals surface area contributed by atoms with Crippen molar-refractivity contribution in [2.45, 2.75) is 58.7 Å². The fraction of sp³-hybridized carbons (Fsp3) is 0.875. The third kappa shape index (κ3) is 3.23. The molecule has 3 atom stereocenters. The highest BCUT2D eigenvalue weighted by Crippen LogP contribution is 2.36. The monoisotopic (exact) mass is 296 g/mol. The molecule has 1 aliphatic heterocycles. The van der Waals surface area contributed by atoms with Gasteiger partial charge in [-0.2, -0.15) is 0 Å². The zero-order valence-electron chi connectivity index (χ0n) is 13.8. The van der Waals surface area contributed by atoms with E-state index in [9.17, 15) is 9.59 Å². The van der Waals surface area contributed by atoms with Crippen LogP contribution < -0.4 is 5.32 Å². The zero-order valence-corrected chi connectivity index (χ0v) is 13.8. The molecule has 0 aromatic carbocycles. The fourth-order valence-corrected chi connectivity index (χ4v) is 3.23. The van der Waals surface area contributed by atoms with Crippen molar-refractivity contribution in [3.8, 4) is 0 Å². The molecule has 0 aromatic heterocycles. The van der Waals surface area contributed by atoms with Crippen LogP contribution in [-0.2, 0) is 14.3 Å². The minimum atomic E-state index is -0.393. The van der Waals surface area contributed by atoms with Gasteiger partial charge in [0.25, 0.3) is 0 Å². The van der Waals surface area contributed by atoms with Gasteiger partial charge in [-0.05, 0) is 30.6 Å². The van der Waals surface area contributed by atoms with E-state index in [1.807, 2.05) is 18.7 Å². The van der Waals surface area contributed by atoms with Crippen LogP contribution >= 0.6 is 0 Å². The Morgan fingerprint density at radius 2 is 1.86 bits per heavy atom. The summed E-state index contributed by atoms with van der Waals surface area (Å²) in [6.45, 7) is 8.61. The summed E-state index contributed by atoms with van der Waals surface area (Å²) in [4.78, 5) is 27.3. The summed E-state index contributed by atoms with van der Waals surface area (Å²) in [6, 6.07) is -0.775. The van der Waals surface area contributed by atoms with Crippen molar-refractivity contribution >= 4 is 11.8 Å². The van der Waals surface area contributed by atoms with Crippen LogP contribution in [0.1, 0.15) is 40.5 Å². The van der Waals surface area contributed by atoms with Crippen LogP contribution in [0.3, 0.4) is 0 Å². The number of hydrogen-bond donors (Lipinski definition) is 1. The summed E-state index contributed by atoms with van der Waals surface area (Å²) in [5, 5.41) is 2.95. The highest BCUT2D eigenvalue weighted by atomic mass is 16.5. The van der Waals surface area contributed by atoms with Gasteiger partial charge >= 0.3 is 0 Å². The van der Waals surface area contributed by atoms with Gasteiger partial charge in [0, 0.05) is 7.11 Å². The fourth-order valence-electron chi connectivity index (χ4n) is 3.23. The summed E-state index contributed by atoms with van der Waals surface area (Å²) < 4.78 is 5.32. The highest BCUT2D eigenvalue weighted by molar-refractivity contribution is 5.97. The van der Waals surface area contributed by atoms with E-state index < -0.39 is 6.04 Å². The second-order valence-corrected chi connectivity index (χ2v) is 7.02. The van der Waals surface area contributed by atoms with Crippen LogP contribution in [0, 0.1) is 17.8 Å². The molecule has 3 unspecified atom stereocenters. The largest absolute Gasteiger partial charge is 0.383 e. The van der Waals surface area contributed by atoms with E-state index in [2.05, 4.69) is 19.2 Å². The van der Waals surface area contributed by atoms with Crippen molar-refractivity contribution in [2.24, 2.45) is 17.8 Å². The first-order valence-electron chi connectivity index (χ1n) is 8.00. The van der Waals surface area contributed by atoms with Gasteiger partial charge in [0.2, 0.25) is 11.8 Å². The van der Waals surface area contributed by atoms with Crippen molar-refractivity contribution in [1.29, 1.82) is 0 Å². The molecular weight excluding hydrogens is 268 g/mol. The molecule has 1 saturated heterocycles. The van der Waals surface area contributed by atoms with Gasteiger partial charge in [-0.3, -0.25) is 9.59 Å². The number of ether oxygens (including phenoxy) is 1. The number of methoxy groups -OCH3 is 1. The van der Waals surface area contributed by atoms with E-state index in [0.29, 0.717) is 12.5 Å². The maximum Gasteiger partial charge on any atom is 0.246 e. The van der Waals surface area contributed by atoms with Gasteiger partial charge < -0.3 is 15.0 Å². The molecule has 5 nitrogen and oxygen atoms in total. The Bertz CT molecular complexity index is 404. The third-order valence-electron chi connectivity index (χ3n) is 4.58. The molecule has 2 fully saturated rings. The molecule has 120 valence electrons. The molecule has 0 bridgehead atoms. The number of rotatable bonds is 6. The number of carbonyl (C=O) groups excluding carboxylic acids is 2. The minimum absolute atomic E-state index is 0.0109. The smallest absolute Gasteiger partial charge is 0.246 e. The molecule has 1 aliphatic carbocycles. The molecule has 2 rings (SSSR count). The Morgan fingerprint density at radius 1 is 1.24 bits per heavy atom. The lowest BCUT2D eigenvalue weighted by molar-refractivity contribution is -0.157. The summed E-state index contributed by atoms with van der Waals surface area (Å²) in [7, 11) is 1.65. The maximum absolute atomic E-state index is 12.9. The summed E-state index contributed by atoms with van der Waals surface area (Å²) >= 11 is 0. The normalized spacial score (nSPS) is 28.2. The van der Waals surface area contributed by atoms with Crippen molar-refractivity contribution in [3.05, 3.63) is 0 Å². The molecule has 1 N–H and O–H groups in total. The predicted octanol–water partition coefficient (Wildman–Crippen LogP) is 1.42. The Balaban J connectivity index is 2.32. The topological polar surface area (TPSA) is 58.6 Å².